The van der Waals surface area contributed by atoms with Crippen molar-refractivity contribution in [1.82, 2.24) is 14.9 Å². The highest BCUT2D eigenvalue weighted by molar-refractivity contribution is 14.1. The number of imidazole rings is 1. The highest BCUT2D eigenvalue weighted by Gasteiger charge is 2.18. The fraction of sp³-hybridized carbons (Fsp3) is 0.556. The van der Waals surface area contributed by atoms with E-state index < -0.39 is 0 Å². The monoisotopic (exact) mass is 433 g/mol. The summed E-state index contributed by atoms with van der Waals surface area (Å²) in [6.45, 7) is 5.78. The van der Waals surface area contributed by atoms with Gasteiger partial charge in [-0.05, 0) is 66.0 Å². The Morgan fingerprint density at radius 1 is 1.47 bits per heavy atom. The number of nitrogens with zero attached hydrogens (tertiary/aromatic N) is 2. The first kappa shape index (κ1) is 13.2. The van der Waals surface area contributed by atoms with E-state index in [4.69, 9.17) is 0 Å². The van der Waals surface area contributed by atoms with Gasteiger partial charge in [0, 0.05) is 6.04 Å². The van der Waals surface area contributed by atoms with Crippen LogP contribution in [-0.2, 0) is 4.79 Å². The van der Waals surface area contributed by atoms with Crippen LogP contribution in [0.1, 0.15) is 26.8 Å². The number of aromatic nitrogens is 2. The molecule has 0 aliphatic carbocycles. The Hall–Kier alpha value is 0.140. The van der Waals surface area contributed by atoms with Crippen molar-refractivity contribution < 1.29 is 4.79 Å². The SMILES string of the molecule is CC(C)NC(=O)C(C)n1cnc(I)c1I. The number of halogens is 2. The van der Waals surface area contributed by atoms with Gasteiger partial charge in [0.2, 0.25) is 5.91 Å². The fourth-order valence-corrected chi connectivity index (χ4v) is 2.21. The predicted octanol–water partition coefficient (Wildman–Crippen LogP) is 2.18. The van der Waals surface area contributed by atoms with Crippen LogP contribution in [0.5, 0.6) is 0 Å². The van der Waals surface area contributed by atoms with E-state index in [2.05, 4.69) is 55.5 Å². The molecule has 0 fully saturated rings. The van der Waals surface area contributed by atoms with Crippen molar-refractivity contribution in [3.05, 3.63) is 13.7 Å². The van der Waals surface area contributed by atoms with Gasteiger partial charge in [0.05, 0.1) is 6.33 Å². The maximum absolute atomic E-state index is 11.7. The third-order valence-corrected chi connectivity index (χ3v) is 4.81. The lowest BCUT2D eigenvalue weighted by molar-refractivity contribution is -0.124. The minimum absolute atomic E-state index is 0.0247. The number of carbonyl (C=O) groups is 1. The molecular weight excluding hydrogens is 420 g/mol. The van der Waals surface area contributed by atoms with E-state index in [9.17, 15) is 4.79 Å². The van der Waals surface area contributed by atoms with Crippen LogP contribution >= 0.6 is 45.2 Å². The number of hydrogen-bond acceptors (Lipinski definition) is 2. The van der Waals surface area contributed by atoms with E-state index in [1.807, 2.05) is 25.3 Å². The van der Waals surface area contributed by atoms with E-state index in [1.54, 1.807) is 6.33 Å². The van der Waals surface area contributed by atoms with E-state index in [1.165, 1.54) is 0 Å². The van der Waals surface area contributed by atoms with Crippen LogP contribution < -0.4 is 5.32 Å². The molecule has 84 valence electrons. The van der Waals surface area contributed by atoms with Crippen molar-refractivity contribution >= 4 is 51.1 Å². The number of rotatable bonds is 3. The normalized spacial score (nSPS) is 12.9. The zero-order valence-corrected chi connectivity index (χ0v) is 13.1. The average Bonchev–Trinajstić information content (AvgIpc) is 2.45. The molecule has 0 radical (unpaired) electrons. The van der Waals surface area contributed by atoms with Crippen molar-refractivity contribution in [1.29, 1.82) is 0 Å². The van der Waals surface area contributed by atoms with Gasteiger partial charge in [0.1, 0.15) is 13.4 Å². The van der Waals surface area contributed by atoms with Gasteiger partial charge in [0.15, 0.2) is 0 Å². The first-order valence-electron chi connectivity index (χ1n) is 4.61. The number of hydrogen-bond donors (Lipinski definition) is 1. The largest absolute Gasteiger partial charge is 0.352 e. The molecule has 0 saturated heterocycles. The maximum atomic E-state index is 11.7. The quantitative estimate of drug-likeness (QED) is 0.744. The van der Waals surface area contributed by atoms with E-state index in [0.29, 0.717) is 0 Å². The molecule has 1 rings (SSSR count). The summed E-state index contributed by atoms with van der Waals surface area (Å²) in [5.41, 5.74) is 0. The summed E-state index contributed by atoms with van der Waals surface area (Å²) < 4.78 is 3.80. The smallest absolute Gasteiger partial charge is 0.243 e. The van der Waals surface area contributed by atoms with Gasteiger partial charge in [-0.15, -0.1) is 0 Å². The molecule has 6 heteroatoms. The Labute approximate surface area is 116 Å². The van der Waals surface area contributed by atoms with E-state index >= 15 is 0 Å². The van der Waals surface area contributed by atoms with E-state index in [0.717, 1.165) is 7.40 Å². The van der Waals surface area contributed by atoms with Crippen LogP contribution in [0.15, 0.2) is 6.33 Å². The number of carbonyl (C=O) groups excluding carboxylic acids is 1. The van der Waals surface area contributed by atoms with Gasteiger partial charge in [-0.2, -0.15) is 0 Å². The highest BCUT2D eigenvalue weighted by Crippen LogP contribution is 2.18. The lowest BCUT2D eigenvalue weighted by Crippen LogP contribution is -2.35. The van der Waals surface area contributed by atoms with Crippen LogP contribution in [0.3, 0.4) is 0 Å². The molecule has 1 heterocycles. The molecule has 1 aromatic rings. The average molecular weight is 433 g/mol. The molecule has 0 aromatic carbocycles. The van der Waals surface area contributed by atoms with Gasteiger partial charge >= 0.3 is 0 Å². The Kier molecular flexibility index (Phi) is 4.81. The van der Waals surface area contributed by atoms with Crippen molar-refractivity contribution in [3.8, 4) is 0 Å². The molecule has 0 bridgehead atoms. The number of nitrogens with one attached hydrogen (secondary N) is 1. The van der Waals surface area contributed by atoms with Crippen molar-refractivity contribution in [2.45, 2.75) is 32.9 Å². The topological polar surface area (TPSA) is 46.9 Å². The second-order valence-corrected chi connectivity index (χ2v) is 5.62. The molecule has 0 aliphatic rings. The van der Waals surface area contributed by atoms with E-state index in [-0.39, 0.29) is 18.0 Å². The summed E-state index contributed by atoms with van der Waals surface area (Å²) in [5.74, 6) is 0.0247. The summed E-state index contributed by atoms with van der Waals surface area (Å²) in [4.78, 5) is 15.9. The highest BCUT2D eigenvalue weighted by atomic mass is 127. The summed E-state index contributed by atoms with van der Waals surface area (Å²) in [6, 6.07) is -0.0458. The molecule has 0 aliphatic heterocycles. The van der Waals surface area contributed by atoms with Crippen LogP contribution in [0, 0.1) is 7.40 Å². The van der Waals surface area contributed by atoms with Gasteiger partial charge in [-0.1, -0.05) is 0 Å². The van der Waals surface area contributed by atoms with Crippen molar-refractivity contribution in [3.63, 3.8) is 0 Å². The van der Waals surface area contributed by atoms with Crippen LogP contribution in [0.25, 0.3) is 0 Å². The minimum Gasteiger partial charge on any atom is -0.352 e. The van der Waals surface area contributed by atoms with Crippen LogP contribution in [-0.4, -0.2) is 21.5 Å². The first-order valence-corrected chi connectivity index (χ1v) is 6.77. The Morgan fingerprint density at radius 3 is 2.47 bits per heavy atom. The predicted molar refractivity (Wildman–Crippen MR) is 75.7 cm³/mol. The van der Waals surface area contributed by atoms with Gasteiger partial charge in [-0.25, -0.2) is 4.98 Å². The minimum atomic E-state index is -0.213. The van der Waals surface area contributed by atoms with Gasteiger partial charge in [-0.3, -0.25) is 4.79 Å². The first-order chi connectivity index (χ1) is 6.93. The Balaban J connectivity index is 2.80. The summed E-state index contributed by atoms with van der Waals surface area (Å²) in [7, 11) is 0. The molecule has 1 atom stereocenters. The lowest BCUT2D eigenvalue weighted by atomic mass is 10.3. The molecule has 0 saturated carbocycles. The zero-order valence-electron chi connectivity index (χ0n) is 8.79. The third-order valence-electron chi connectivity index (χ3n) is 1.92. The second kappa shape index (κ2) is 5.46. The van der Waals surface area contributed by atoms with Gasteiger partial charge < -0.3 is 9.88 Å². The second-order valence-electron chi connectivity index (χ2n) is 3.57. The molecular formula is C9H13I2N3O. The molecule has 0 spiro atoms. The van der Waals surface area contributed by atoms with Crippen molar-refractivity contribution in [2.75, 3.05) is 0 Å². The summed E-state index contributed by atoms with van der Waals surface area (Å²) in [5, 5.41) is 2.88. The Bertz CT molecular complexity index is 362. The van der Waals surface area contributed by atoms with Gasteiger partial charge in [0.25, 0.3) is 0 Å². The molecule has 1 aromatic heterocycles. The van der Waals surface area contributed by atoms with Crippen LogP contribution in [0.4, 0.5) is 0 Å². The Morgan fingerprint density at radius 2 is 2.07 bits per heavy atom. The summed E-state index contributed by atoms with van der Waals surface area (Å²) in [6.07, 6.45) is 1.70. The van der Waals surface area contributed by atoms with Crippen molar-refractivity contribution in [2.24, 2.45) is 0 Å². The molecule has 15 heavy (non-hydrogen) atoms. The van der Waals surface area contributed by atoms with Crippen LogP contribution in [0.2, 0.25) is 0 Å². The number of amides is 1. The third kappa shape index (κ3) is 3.30. The zero-order chi connectivity index (χ0) is 11.6. The standard InChI is InChI=1S/C9H13I2N3O/c1-5(2)13-9(15)6(3)14-4-12-7(10)8(14)11/h4-6H,1-3H3,(H,13,15). The molecule has 1 amide bonds. The summed E-state index contributed by atoms with van der Waals surface area (Å²) >= 11 is 4.35. The molecule has 1 unspecified atom stereocenters. The molecule has 4 nitrogen and oxygen atoms in total. The lowest BCUT2D eigenvalue weighted by Gasteiger charge is -2.16. The fourth-order valence-electron chi connectivity index (χ4n) is 1.12. The molecule has 1 N–H and O–H groups in total. The maximum Gasteiger partial charge on any atom is 0.243 e.